The number of aryl methyl sites for hydroxylation is 1. The smallest absolute Gasteiger partial charge is 0.136 e. The number of rotatable bonds is 1. The van der Waals surface area contributed by atoms with Crippen LogP contribution in [0, 0.1) is 6.92 Å². The van der Waals surface area contributed by atoms with Crippen molar-refractivity contribution in [3.8, 4) is 0 Å². The molecule has 0 spiro atoms. The molecule has 2 rings (SSSR count). The first-order valence-corrected chi connectivity index (χ1v) is 5.08. The largest absolute Gasteiger partial charge is 0.380 e. The maximum absolute atomic E-state index is 9.85. The lowest BCUT2D eigenvalue weighted by Gasteiger charge is -2.36. The van der Waals surface area contributed by atoms with Crippen LogP contribution in [0.1, 0.15) is 25.0 Å². The quantitative estimate of drug-likeness (QED) is 0.743. The van der Waals surface area contributed by atoms with E-state index < -0.39 is 5.60 Å². The van der Waals surface area contributed by atoms with Gasteiger partial charge >= 0.3 is 0 Å². The number of aliphatic hydroxyl groups is 1. The van der Waals surface area contributed by atoms with Crippen molar-refractivity contribution in [3.05, 3.63) is 35.4 Å². The Morgan fingerprint density at radius 1 is 1.14 bits per heavy atom. The Morgan fingerprint density at radius 3 is 2.00 bits per heavy atom. The zero-order valence-electron chi connectivity index (χ0n) is 9.08. The first-order valence-electron chi connectivity index (χ1n) is 5.08. The predicted molar refractivity (Wildman–Crippen MR) is 57.2 cm³/mol. The molecule has 0 unspecified atom stereocenters. The van der Waals surface area contributed by atoms with E-state index in [-0.39, 0.29) is 0 Å². The Labute approximate surface area is 85.5 Å². The van der Waals surface area contributed by atoms with Gasteiger partial charge < -0.3 is 9.84 Å². The van der Waals surface area contributed by atoms with Crippen molar-refractivity contribution in [1.29, 1.82) is 0 Å². The summed E-state index contributed by atoms with van der Waals surface area (Å²) >= 11 is 0. The molecule has 0 saturated carbocycles. The lowest BCUT2D eigenvalue weighted by molar-refractivity contribution is -0.184. The fraction of sp³-hybridized carbons (Fsp3) is 0.500. The van der Waals surface area contributed by atoms with Crippen LogP contribution in [-0.4, -0.2) is 18.3 Å². The maximum atomic E-state index is 9.85. The van der Waals surface area contributed by atoms with Crippen molar-refractivity contribution in [2.45, 2.75) is 26.4 Å². The van der Waals surface area contributed by atoms with E-state index in [9.17, 15) is 5.11 Å². The molecule has 1 N–H and O–H groups in total. The molecule has 0 bridgehead atoms. The fourth-order valence-electron chi connectivity index (χ4n) is 1.33. The first-order chi connectivity index (χ1) is 6.71. The minimum Gasteiger partial charge on any atom is -0.380 e. The Hall–Kier alpha value is -0.860. The van der Waals surface area contributed by atoms with Crippen LogP contribution < -0.4 is 0 Å². The zero-order chi connectivity index (χ0) is 10.6. The van der Waals surface area contributed by atoms with Gasteiger partial charge in [-0.1, -0.05) is 43.7 Å². The molecule has 0 radical (unpaired) electrons. The van der Waals surface area contributed by atoms with Gasteiger partial charge in [-0.05, 0) is 12.5 Å². The van der Waals surface area contributed by atoms with Crippen LogP contribution in [-0.2, 0) is 10.3 Å². The summed E-state index contributed by atoms with van der Waals surface area (Å²) < 4.78 is 4.97. The highest BCUT2D eigenvalue weighted by Gasteiger charge is 2.37. The highest BCUT2D eigenvalue weighted by Crippen LogP contribution is 2.28. The van der Waals surface area contributed by atoms with E-state index in [2.05, 4.69) is 0 Å². The highest BCUT2D eigenvalue weighted by molar-refractivity contribution is 5.27. The molecule has 0 aromatic heterocycles. The monoisotopic (exact) mass is 194 g/mol. The second-order valence-electron chi connectivity index (χ2n) is 3.39. The van der Waals surface area contributed by atoms with Gasteiger partial charge in [-0.2, -0.15) is 0 Å². The summed E-state index contributed by atoms with van der Waals surface area (Å²) in [5, 5.41) is 9.85. The predicted octanol–water partition coefficient (Wildman–Crippen LogP) is 2.24. The van der Waals surface area contributed by atoms with E-state index in [1.165, 1.54) is 5.56 Å². The van der Waals surface area contributed by atoms with E-state index >= 15 is 0 Å². The molecular formula is C12H18O2. The molecule has 0 atom stereocenters. The third-order valence-corrected chi connectivity index (χ3v) is 2.27. The van der Waals surface area contributed by atoms with Crippen LogP contribution in [0.25, 0.3) is 0 Å². The number of benzene rings is 1. The Balaban J connectivity index is 0.000000461. The summed E-state index contributed by atoms with van der Waals surface area (Å²) in [6.45, 7) is 6.89. The van der Waals surface area contributed by atoms with Crippen molar-refractivity contribution in [2.75, 3.05) is 13.2 Å². The summed E-state index contributed by atoms with van der Waals surface area (Å²) in [5.41, 5.74) is 1.45. The Morgan fingerprint density at radius 2 is 1.64 bits per heavy atom. The molecule has 1 aromatic rings. The van der Waals surface area contributed by atoms with Gasteiger partial charge in [0.15, 0.2) is 0 Å². The minimum absolute atomic E-state index is 0.427. The van der Waals surface area contributed by atoms with Gasteiger partial charge in [0, 0.05) is 0 Å². The van der Waals surface area contributed by atoms with Crippen molar-refractivity contribution < 1.29 is 9.84 Å². The van der Waals surface area contributed by atoms with Crippen LogP contribution in [0.2, 0.25) is 0 Å². The lowest BCUT2D eigenvalue weighted by Crippen LogP contribution is -2.46. The molecule has 1 aliphatic rings. The van der Waals surface area contributed by atoms with Gasteiger partial charge in [0.25, 0.3) is 0 Å². The molecule has 2 heteroatoms. The van der Waals surface area contributed by atoms with E-state index in [0.29, 0.717) is 13.2 Å². The SMILES string of the molecule is CC.Cc1ccc(C2(O)COC2)cc1. The molecule has 14 heavy (non-hydrogen) atoms. The third kappa shape index (κ3) is 2.14. The average molecular weight is 194 g/mol. The molecule has 1 aromatic carbocycles. The van der Waals surface area contributed by atoms with Crippen molar-refractivity contribution in [1.82, 2.24) is 0 Å². The van der Waals surface area contributed by atoms with E-state index in [4.69, 9.17) is 4.74 Å². The third-order valence-electron chi connectivity index (χ3n) is 2.27. The second-order valence-corrected chi connectivity index (χ2v) is 3.39. The van der Waals surface area contributed by atoms with Crippen molar-refractivity contribution in [2.24, 2.45) is 0 Å². The van der Waals surface area contributed by atoms with Crippen LogP contribution in [0.3, 0.4) is 0 Å². The molecule has 0 aliphatic carbocycles. The lowest BCUT2D eigenvalue weighted by atomic mass is 9.92. The molecule has 1 heterocycles. The van der Waals surface area contributed by atoms with Gasteiger partial charge in [-0.3, -0.25) is 0 Å². The average Bonchev–Trinajstić information content (AvgIpc) is 2.19. The fourth-order valence-corrected chi connectivity index (χ4v) is 1.33. The minimum atomic E-state index is -0.715. The van der Waals surface area contributed by atoms with Gasteiger partial charge in [0.05, 0.1) is 13.2 Å². The number of hydrogen-bond donors (Lipinski definition) is 1. The molecule has 2 nitrogen and oxygen atoms in total. The second kappa shape index (κ2) is 4.58. The van der Waals surface area contributed by atoms with E-state index in [1.807, 2.05) is 45.0 Å². The summed E-state index contributed by atoms with van der Waals surface area (Å²) in [7, 11) is 0. The van der Waals surface area contributed by atoms with Crippen LogP contribution in [0.5, 0.6) is 0 Å². The van der Waals surface area contributed by atoms with Crippen LogP contribution in [0.4, 0.5) is 0 Å². The number of ether oxygens (including phenoxy) is 1. The van der Waals surface area contributed by atoms with Gasteiger partial charge in [-0.25, -0.2) is 0 Å². The van der Waals surface area contributed by atoms with Crippen LogP contribution in [0.15, 0.2) is 24.3 Å². The molecule has 0 amide bonds. The van der Waals surface area contributed by atoms with Crippen LogP contribution >= 0.6 is 0 Å². The summed E-state index contributed by atoms with van der Waals surface area (Å²) in [5.74, 6) is 0. The van der Waals surface area contributed by atoms with E-state index in [1.54, 1.807) is 0 Å². The zero-order valence-corrected chi connectivity index (χ0v) is 9.08. The summed E-state index contributed by atoms with van der Waals surface area (Å²) in [6.07, 6.45) is 0. The topological polar surface area (TPSA) is 29.5 Å². The van der Waals surface area contributed by atoms with Crippen molar-refractivity contribution >= 4 is 0 Å². The van der Waals surface area contributed by atoms with Gasteiger partial charge in [0.2, 0.25) is 0 Å². The van der Waals surface area contributed by atoms with E-state index in [0.717, 1.165) is 5.56 Å². The molecule has 1 fully saturated rings. The van der Waals surface area contributed by atoms with Crippen molar-refractivity contribution in [3.63, 3.8) is 0 Å². The van der Waals surface area contributed by atoms with Gasteiger partial charge in [-0.15, -0.1) is 0 Å². The highest BCUT2D eigenvalue weighted by atomic mass is 16.5. The molecule has 1 saturated heterocycles. The summed E-state index contributed by atoms with van der Waals surface area (Å²) in [4.78, 5) is 0. The number of hydrogen-bond acceptors (Lipinski definition) is 2. The maximum Gasteiger partial charge on any atom is 0.136 e. The standard InChI is InChI=1S/C10H12O2.C2H6/c1-8-2-4-9(5-3-8)10(11)6-12-7-10;1-2/h2-5,11H,6-7H2,1H3;1-2H3. The van der Waals surface area contributed by atoms with Gasteiger partial charge in [0.1, 0.15) is 5.60 Å². The Bertz CT molecular complexity index is 273. The molecule has 78 valence electrons. The Kier molecular flexibility index (Phi) is 3.67. The molecule has 1 aliphatic heterocycles. The summed E-state index contributed by atoms with van der Waals surface area (Å²) in [6, 6.07) is 7.92. The molecular weight excluding hydrogens is 176 g/mol. The normalized spacial score (nSPS) is 17.7. The first kappa shape index (κ1) is 11.2.